The van der Waals surface area contributed by atoms with Crippen LogP contribution in [0.1, 0.15) is 20.3 Å². The molecule has 0 saturated carbocycles. The molecule has 6 nitrogen and oxygen atoms in total. The molecule has 0 aromatic carbocycles. The highest BCUT2D eigenvalue weighted by atomic mass is 17.2. The van der Waals surface area contributed by atoms with Crippen LogP contribution in [0.15, 0.2) is 0 Å². The Hall–Kier alpha value is -0.690. The first-order valence-electron chi connectivity index (χ1n) is 5.23. The van der Waals surface area contributed by atoms with Gasteiger partial charge in [0.15, 0.2) is 6.54 Å². The molecule has 0 aliphatic rings. The van der Waals surface area contributed by atoms with E-state index in [4.69, 9.17) is 19.2 Å². The number of hydroxylamine groups is 3. The molecule has 96 valence electrons. The van der Waals surface area contributed by atoms with Crippen molar-refractivity contribution in [2.75, 3.05) is 34.5 Å². The Bertz CT molecular complexity index is 195. The number of carbonyl (C=O) groups is 1. The van der Waals surface area contributed by atoms with E-state index in [1.807, 2.05) is 0 Å². The van der Waals surface area contributed by atoms with Gasteiger partial charge in [0.25, 0.3) is 0 Å². The Morgan fingerprint density at radius 3 is 2.00 bits per heavy atom. The second kappa shape index (κ2) is 7.56. The fraction of sp³-hybridized carbons (Fsp3) is 0.900. The highest BCUT2D eigenvalue weighted by Crippen LogP contribution is 2.09. The first-order valence-corrected chi connectivity index (χ1v) is 5.23. The molecule has 0 atom stereocenters. The molecule has 0 aliphatic carbocycles. The van der Waals surface area contributed by atoms with Crippen LogP contribution in [0.5, 0.6) is 0 Å². The molecule has 6 heteroatoms. The van der Waals surface area contributed by atoms with Crippen molar-refractivity contribution in [1.29, 1.82) is 0 Å². The van der Waals surface area contributed by atoms with Crippen LogP contribution in [0.25, 0.3) is 0 Å². The van der Waals surface area contributed by atoms with Crippen molar-refractivity contribution in [1.82, 2.24) is 0 Å². The van der Waals surface area contributed by atoms with Gasteiger partial charge >= 0.3 is 5.97 Å². The maximum Gasteiger partial charge on any atom is 0.308 e. The molecule has 0 saturated heterocycles. The maximum atomic E-state index is 11.2. The number of rotatable bonds is 8. The number of quaternary nitrogens is 1. The van der Waals surface area contributed by atoms with Gasteiger partial charge < -0.3 is 4.74 Å². The van der Waals surface area contributed by atoms with E-state index in [1.54, 1.807) is 13.8 Å². The van der Waals surface area contributed by atoms with Crippen molar-refractivity contribution in [3.8, 4) is 0 Å². The summed E-state index contributed by atoms with van der Waals surface area (Å²) in [6.45, 7) is 4.35. The second-order valence-corrected chi connectivity index (χ2v) is 3.56. The number of ether oxygens (including phenoxy) is 1. The molecule has 0 spiro atoms. The van der Waals surface area contributed by atoms with Crippen molar-refractivity contribution < 1.29 is 29.0 Å². The van der Waals surface area contributed by atoms with E-state index < -0.39 is 0 Å². The van der Waals surface area contributed by atoms with E-state index in [9.17, 15) is 4.79 Å². The minimum Gasteiger partial charge on any atom is -0.465 e. The largest absolute Gasteiger partial charge is 0.465 e. The van der Waals surface area contributed by atoms with Gasteiger partial charge in [-0.2, -0.15) is 0 Å². The lowest BCUT2D eigenvalue weighted by atomic mass is 10.2. The molecule has 16 heavy (non-hydrogen) atoms. The van der Waals surface area contributed by atoms with E-state index in [0.717, 1.165) is 0 Å². The smallest absolute Gasteiger partial charge is 0.308 e. The summed E-state index contributed by atoms with van der Waals surface area (Å²) < 4.78 is 5.02. The van der Waals surface area contributed by atoms with Gasteiger partial charge in [0.1, 0.15) is 21.3 Å². The zero-order valence-electron chi connectivity index (χ0n) is 10.7. The van der Waals surface area contributed by atoms with Gasteiger partial charge in [0, 0.05) is 6.42 Å². The minimum absolute atomic E-state index is 0.105. The molecule has 0 aliphatic heterocycles. The van der Waals surface area contributed by atoms with Crippen molar-refractivity contribution in [2.45, 2.75) is 20.3 Å². The normalized spacial score (nSPS) is 11.9. The lowest BCUT2D eigenvalue weighted by molar-refractivity contribution is -1.36. The average molecular weight is 236 g/mol. The van der Waals surface area contributed by atoms with Crippen LogP contribution >= 0.6 is 0 Å². The molecule has 0 amide bonds. The molecule has 0 aromatic rings. The highest BCUT2D eigenvalue weighted by Gasteiger charge is 2.29. The SMILES string of the molecule is CO[N+](CCCOC(=O)C(C)C)(OC)OC. The van der Waals surface area contributed by atoms with Crippen molar-refractivity contribution in [3.05, 3.63) is 0 Å². The molecule has 0 rings (SSSR count). The van der Waals surface area contributed by atoms with Crippen LogP contribution in [-0.4, -0.2) is 45.4 Å². The van der Waals surface area contributed by atoms with Crippen molar-refractivity contribution in [2.24, 2.45) is 5.92 Å². The van der Waals surface area contributed by atoms with Gasteiger partial charge in [-0.05, 0) is 0 Å². The van der Waals surface area contributed by atoms with Crippen LogP contribution in [0.2, 0.25) is 0 Å². The number of carbonyl (C=O) groups excluding carboxylic acids is 1. The quantitative estimate of drug-likeness (QED) is 0.273. The molecule has 0 heterocycles. The Morgan fingerprint density at radius 2 is 1.62 bits per heavy atom. The Kier molecular flexibility index (Phi) is 7.24. The predicted molar refractivity (Wildman–Crippen MR) is 56.6 cm³/mol. The monoisotopic (exact) mass is 236 g/mol. The highest BCUT2D eigenvalue weighted by molar-refractivity contribution is 5.71. The summed E-state index contributed by atoms with van der Waals surface area (Å²) in [4.78, 5) is 25.9. The summed E-state index contributed by atoms with van der Waals surface area (Å²) >= 11 is 0. The maximum absolute atomic E-state index is 11.2. The van der Waals surface area contributed by atoms with Gasteiger partial charge in [-0.25, -0.2) is 0 Å². The molecule has 0 fully saturated rings. The van der Waals surface area contributed by atoms with Crippen LogP contribution in [-0.2, 0) is 24.0 Å². The molecule has 0 radical (unpaired) electrons. The summed E-state index contributed by atoms with van der Waals surface area (Å²) in [7, 11) is 4.44. The standard InChI is InChI=1S/C10H22NO5/c1-9(2)10(12)16-8-6-7-11(13-3,14-4)15-5/h9H,6-8H2,1-5H3/q+1. The van der Waals surface area contributed by atoms with E-state index in [-0.39, 0.29) is 16.9 Å². The third kappa shape index (κ3) is 4.89. The lowest BCUT2D eigenvalue weighted by Crippen LogP contribution is -2.45. The summed E-state index contributed by atoms with van der Waals surface area (Å²) in [6, 6.07) is 0. The fourth-order valence-electron chi connectivity index (χ4n) is 1.10. The minimum atomic E-state index is -0.376. The molecular formula is C10H22NO5+. The summed E-state index contributed by atoms with van der Waals surface area (Å²) in [5.74, 6) is -0.308. The van der Waals surface area contributed by atoms with E-state index in [0.29, 0.717) is 19.6 Å². The number of hydrogen-bond acceptors (Lipinski definition) is 5. The van der Waals surface area contributed by atoms with Gasteiger partial charge in [0.2, 0.25) is 0 Å². The molecule has 0 bridgehead atoms. The zero-order valence-corrected chi connectivity index (χ0v) is 10.7. The fourth-order valence-corrected chi connectivity index (χ4v) is 1.10. The van der Waals surface area contributed by atoms with Gasteiger partial charge in [-0.15, -0.1) is 14.5 Å². The van der Waals surface area contributed by atoms with Crippen LogP contribution in [0, 0.1) is 5.92 Å². The van der Waals surface area contributed by atoms with E-state index in [1.165, 1.54) is 21.3 Å². The Balaban J connectivity index is 3.83. The molecule has 0 unspecified atom stereocenters. The summed E-state index contributed by atoms with van der Waals surface area (Å²) in [5.41, 5.74) is 0. The zero-order chi connectivity index (χ0) is 12.6. The summed E-state index contributed by atoms with van der Waals surface area (Å²) in [6.07, 6.45) is 0.591. The lowest BCUT2D eigenvalue weighted by Gasteiger charge is -2.24. The number of esters is 1. The Morgan fingerprint density at radius 1 is 1.12 bits per heavy atom. The van der Waals surface area contributed by atoms with E-state index >= 15 is 0 Å². The third-order valence-electron chi connectivity index (χ3n) is 2.13. The molecule has 0 N–H and O–H groups in total. The molecular weight excluding hydrogens is 214 g/mol. The number of nitrogens with zero attached hydrogens (tertiary/aromatic N) is 1. The van der Waals surface area contributed by atoms with Crippen LogP contribution in [0.3, 0.4) is 0 Å². The number of hydrogen-bond donors (Lipinski definition) is 0. The van der Waals surface area contributed by atoms with Crippen molar-refractivity contribution >= 4 is 5.97 Å². The third-order valence-corrected chi connectivity index (χ3v) is 2.13. The topological polar surface area (TPSA) is 54.0 Å². The average Bonchev–Trinajstić information content (AvgIpc) is 2.30. The van der Waals surface area contributed by atoms with Crippen LogP contribution in [0.4, 0.5) is 0 Å². The van der Waals surface area contributed by atoms with E-state index in [2.05, 4.69) is 0 Å². The van der Waals surface area contributed by atoms with Gasteiger partial charge in [-0.1, -0.05) is 13.8 Å². The first-order chi connectivity index (χ1) is 7.51. The van der Waals surface area contributed by atoms with Crippen LogP contribution < -0.4 is 0 Å². The first kappa shape index (κ1) is 15.3. The Labute approximate surface area is 96.5 Å². The predicted octanol–water partition coefficient (Wildman–Crippen LogP) is 1.08. The van der Waals surface area contributed by atoms with Gasteiger partial charge in [-0.3, -0.25) is 4.79 Å². The second-order valence-electron chi connectivity index (χ2n) is 3.56. The van der Waals surface area contributed by atoms with Gasteiger partial charge in [0.05, 0.1) is 17.5 Å². The molecule has 0 aromatic heterocycles. The summed E-state index contributed by atoms with van der Waals surface area (Å²) in [5, 5.41) is 0. The van der Waals surface area contributed by atoms with Crippen molar-refractivity contribution in [3.63, 3.8) is 0 Å².